The zero-order valence-corrected chi connectivity index (χ0v) is 20.7. The van der Waals surface area contributed by atoms with Crippen molar-refractivity contribution in [2.75, 3.05) is 56.7 Å². The molecule has 3 rings (SSSR count). The number of hydrogen-bond acceptors (Lipinski definition) is 7. The fourth-order valence-corrected chi connectivity index (χ4v) is 4.68. The third-order valence-corrected chi connectivity index (χ3v) is 6.88. The summed E-state index contributed by atoms with van der Waals surface area (Å²) in [6.07, 6.45) is 1.22. The smallest absolute Gasteiger partial charge is 0.313 e. The first-order chi connectivity index (χ1) is 16.7. The number of hydrogen-bond donors (Lipinski definition) is 3. The Balaban J connectivity index is 1.74. The molecule has 2 heterocycles. The van der Waals surface area contributed by atoms with E-state index in [-0.39, 0.29) is 48.9 Å². The summed E-state index contributed by atoms with van der Waals surface area (Å²) in [5, 5.41) is 14.3. The lowest BCUT2D eigenvalue weighted by molar-refractivity contribution is -0.142. The monoisotopic (exact) mass is 505 g/mol. The van der Waals surface area contributed by atoms with Crippen LogP contribution in [0.1, 0.15) is 23.2 Å². The van der Waals surface area contributed by atoms with E-state index in [4.69, 9.17) is 5.11 Å². The summed E-state index contributed by atoms with van der Waals surface area (Å²) >= 11 is 0.949. The first-order valence-electron chi connectivity index (χ1n) is 11.4. The van der Waals surface area contributed by atoms with Crippen LogP contribution in [0.2, 0.25) is 0 Å². The van der Waals surface area contributed by atoms with Crippen molar-refractivity contribution < 1.29 is 29.1 Å². The molecular formula is C23H31N5O6S. The average Bonchev–Trinajstić information content (AvgIpc) is 2.84. The second kappa shape index (κ2) is 11.9. The van der Waals surface area contributed by atoms with Gasteiger partial charge in [-0.05, 0) is 37.1 Å². The van der Waals surface area contributed by atoms with Gasteiger partial charge in [0.25, 0.3) is 5.91 Å². The van der Waals surface area contributed by atoms with Crippen molar-refractivity contribution in [3.63, 3.8) is 0 Å². The molecule has 190 valence electrons. The summed E-state index contributed by atoms with van der Waals surface area (Å²) in [7, 11) is 3.80. The molecule has 2 atom stereocenters. The lowest BCUT2D eigenvalue weighted by atomic mass is 10.0. The largest absolute Gasteiger partial charge is 0.481 e. The number of rotatable bonds is 8. The van der Waals surface area contributed by atoms with Gasteiger partial charge in [-0.25, -0.2) is 0 Å². The molecule has 0 spiro atoms. The topological polar surface area (TPSA) is 139 Å². The normalized spacial score (nSPS) is 20.1. The summed E-state index contributed by atoms with van der Waals surface area (Å²) in [4.78, 5) is 67.0. The number of benzene rings is 1. The highest BCUT2D eigenvalue weighted by Crippen LogP contribution is 2.19. The summed E-state index contributed by atoms with van der Waals surface area (Å²) in [6.45, 7) is 0.888. The molecule has 35 heavy (non-hydrogen) atoms. The van der Waals surface area contributed by atoms with Gasteiger partial charge < -0.3 is 30.4 Å². The molecule has 1 aromatic rings. The van der Waals surface area contributed by atoms with Crippen LogP contribution in [0.5, 0.6) is 0 Å². The van der Waals surface area contributed by atoms with Crippen molar-refractivity contribution in [1.29, 1.82) is 0 Å². The second-order valence-corrected chi connectivity index (χ2v) is 9.66. The van der Waals surface area contributed by atoms with E-state index in [1.54, 1.807) is 12.1 Å². The van der Waals surface area contributed by atoms with Crippen molar-refractivity contribution in [2.45, 2.75) is 24.9 Å². The van der Waals surface area contributed by atoms with Crippen molar-refractivity contribution in [1.82, 2.24) is 20.4 Å². The van der Waals surface area contributed by atoms with Crippen LogP contribution in [0, 0.1) is 0 Å². The summed E-state index contributed by atoms with van der Waals surface area (Å²) in [5.41, 5.74) is 1.41. The van der Waals surface area contributed by atoms with Crippen LogP contribution < -0.4 is 15.5 Å². The van der Waals surface area contributed by atoms with Gasteiger partial charge in [-0.15, -0.1) is 11.8 Å². The van der Waals surface area contributed by atoms with Gasteiger partial charge in [0.05, 0.1) is 18.1 Å². The first kappa shape index (κ1) is 26.3. The molecule has 2 saturated heterocycles. The van der Waals surface area contributed by atoms with Crippen LogP contribution in [-0.2, 0) is 19.2 Å². The number of aliphatic carboxylic acids is 1. The number of carboxylic acids is 1. The SMILES string of the molecule is CN(C)c1ccc(C(=O)N2CCN(C(=O)CSCC(=O)O)[C@@H](C(=O)N[C@H]3CCCNC3=O)C2)cc1. The third kappa shape index (κ3) is 6.87. The number of thioether (sulfide) groups is 1. The number of carbonyl (C=O) groups is 5. The second-order valence-electron chi connectivity index (χ2n) is 8.68. The van der Waals surface area contributed by atoms with Crippen LogP contribution in [-0.4, -0.2) is 108 Å². The quantitative estimate of drug-likeness (QED) is 0.435. The minimum Gasteiger partial charge on any atom is -0.481 e. The van der Waals surface area contributed by atoms with E-state index in [9.17, 15) is 24.0 Å². The summed E-state index contributed by atoms with van der Waals surface area (Å²) < 4.78 is 0. The molecule has 2 aliphatic heterocycles. The number of carboxylic acid groups (broad SMARTS) is 1. The highest BCUT2D eigenvalue weighted by atomic mass is 32.2. The maximum atomic E-state index is 13.2. The molecule has 1 aromatic carbocycles. The molecule has 0 aliphatic carbocycles. The van der Waals surface area contributed by atoms with Gasteiger partial charge in [0.15, 0.2) is 0 Å². The molecule has 0 saturated carbocycles. The lowest BCUT2D eigenvalue weighted by Crippen LogP contribution is -2.64. The van der Waals surface area contributed by atoms with Gasteiger partial charge in [-0.1, -0.05) is 0 Å². The van der Waals surface area contributed by atoms with Crippen LogP contribution in [0.3, 0.4) is 0 Å². The Morgan fingerprint density at radius 1 is 1.14 bits per heavy atom. The molecule has 0 unspecified atom stereocenters. The van der Waals surface area contributed by atoms with Crippen LogP contribution in [0.4, 0.5) is 5.69 Å². The number of piperidine rings is 1. The molecule has 2 fully saturated rings. The van der Waals surface area contributed by atoms with Gasteiger partial charge in [0, 0.05) is 45.0 Å². The Kier molecular flexibility index (Phi) is 8.96. The Labute approximate surface area is 208 Å². The van der Waals surface area contributed by atoms with Gasteiger partial charge in [0.2, 0.25) is 17.7 Å². The number of piperazine rings is 1. The summed E-state index contributed by atoms with van der Waals surface area (Å²) in [6, 6.07) is 5.43. The summed E-state index contributed by atoms with van der Waals surface area (Å²) in [5.74, 6) is -2.78. The van der Waals surface area contributed by atoms with Gasteiger partial charge in [-0.3, -0.25) is 24.0 Å². The fraction of sp³-hybridized carbons (Fsp3) is 0.522. The van der Waals surface area contributed by atoms with E-state index in [1.165, 1.54) is 9.80 Å². The molecule has 0 aromatic heterocycles. The molecule has 12 heteroatoms. The number of nitrogens with one attached hydrogen (secondary N) is 2. The number of carbonyl (C=O) groups excluding carboxylic acids is 4. The first-order valence-corrected chi connectivity index (χ1v) is 12.6. The van der Waals surface area contributed by atoms with E-state index in [1.807, 2.05) is 31.1 Å². The molecule has 0 bridgehead atoms. The van der Waals surface area contributed by atoms with Gasteiger partial charge in [0.1, 0.15) is 12.1 Å². The zero-order chi connectivity index (χ0) is 25.5. The minimum absolute atomic E-state index is 0.0240. The van der Waals surface area contributed by atoms with Gasteiger partial charge in [-0.2, -0.15) is 0 Å². The molecule has 2 aliphatic rings. The molecule has 0 radical (unpaired) electrons. The molecule has 4 amide bonds. The van der Waals surface area contributed by atoms with E-state index in [2.05, 4.69) is 10.6 Å². The van der Waals surface area contributed by atoms with Crippen molar-refractivity contribution in [2.24, 2.45) is 0 Å². The highest BCUT2D eigenvalue weighted by molar-refractivity contribution is 8.00. The number of amides is 4. The Hall–Kier alpha value is -3.28. The van der Waals surface area contributed by atoms with E-state index < -0.39 is 24.0 Å². The van der Waals surface area contributed by atoms with Gasteiger partial charge >= 0.3 is 5.97 Å². The Morgan fingerprint density at radius 2 is 1.86 bits per heavy atom. The number of anilines is 1. The third-order valence-electron chi connectivity index (χ3n) is 5.97. The molecule has 3 N–H and O–H groups in total. The van der Waals surface area contributed by atoms with E-state index in [0.29, 0.717) is 18.5 Å². The van der Waals surface area contributed by atoms with Crippen molar-refractivity contribution in [3.8, 4) is 0 Å². The standard InChI is InChI=1S/C23H31N5O6S/c1-26(2)16-7-5-15(6-8-16)23(34)27-10-11-28(19(29)13-35-14-20(30)31)18(12-27)22(33)25-17-4-3-9-24-21(17)32/h5-8,17-18H,3-4,9-14H2,1-2H3,(H,24,32)(H,25,33)(H,30,31)/t17-,18+/m0/s1. The van der Waals surface area contributed by atoms with E-state index in [0.717, 1.165) is 23.9 Å². The Bertz CT molecular complexity index is 970. The lowest BCUT2D eigenvalue weighted by Gasteiger charge is -2.41. The van der Waals surface area contributed by atoms with Crippen molar-refractivity contribution in [3.05, 3.63) is 29.8 Å². The predicted octanol–water partition coefficient (Wildman–Crippen LogP) is -0.382. The van der Waals surface area contributed by atoms with E-state index >= 15 is 0 Å². The van der Waals surface area contributed by atoms with Crippen LogP contribution >= 0.6 is 11.8 Å². The highest BCUT2D eigenvalue weighted by Gasteiger charge is 2.38. The van der Waals surface area contributed by atoms with Crippen LogP contribution in [0.25, 0.3) is 0 Å². The van der Waals surface area contributed by atoms with Crippen LogP contribution in [0.15, 0.2) is 24.3 Å². The minimum atomic E-state index is -1.03. The average molecular weight is 506 g/mol. The predicted molar refractivity (Wildman–Crippen MR) is 131 cm³/mol. The fourth-order valence-electron chi connectivity index (χ4n) is 4.06. The molecular weight excluding hydrogens is 474 g/mol. The van der Waals surface area contributed by atoms with Crippen molar-refractivity contribution >= 4 is 47.0 Å². The maximum Gasteiger partial charge on any atom is 0.313 e. The zero-order valence-electron chi connectivity index (χ0n) is 19.9. The maximum absolute atomic E-state index is 13.2. The molecule has 11 nitrogen and oxygen atoms in total. The Morgan fingerprint density at radius 3 is 2.49 bits per heavy atom. The number of nitrogens with zero attached hydrogens (tertiary/aromatic N) is 3.